The van der Waals surface area contributed by atoms with Crippen LogP contribution in [-0.4, -0.2) is 27.3 Å². The molecule has 2 N–H and O–H groups in total. The molecule has 0 atom stereocenters. The quantitative estimate of drug-likeness (QED) is 0.645. The molecule has 1 heterocycles. The molecule has 1 aromatic heterocycles. The van der Waals surface area contributed by atoms with Crippen LogP contribution < -0.4 is 5.32 Å². The molecule has 0 aliphatic carbocycles. The summed E-state index contributed by atoms with van der Waals surface area (Å²) in [6.07, 6.45) is 0.0956. The fourth-order valence-electron chi connectivity index (χ4n) is 2.88. The van der Waals surface area contributed by atoms with Gasteiger partial charge in [-0.25, -0.2) is 4.79 Å². The van der Waals surface area contributed by atoms with Gasteiger partial charge in [-0.3, -0.25) is 9.59 Å². The smallest absolute Gasteiger partial charge is 0.335 e. The van der Waals surface area contributed by atoms with Crippen LogP contribution in [0.2, 0.25) is 0 Å². The maximum atomic E-state index is 12.7. The van der Waals surface area contributed by atoms with Crippen LogP contribution in [0.1, 0.15) is 37.7 Å². The Morgan fingerprint density at radius 2 is 1.50 bits per heavy atom. The Labute approximate surface area is 162 Å². The third kappa shape index (κ3) is 4.17. The number of aromatic carboxylic acids is 1. The highest BCUT2D eigenvalue weighted by Crippen LogP contribution is 2.16. The molecular formula is C22H20N2O4. The van der Waals surface area contributed by atoms with Crippen molar-refractivity contribution in [2.75, 3.05) is 5.32 Å². The van der Waals surface area contributed by atoms with Crippen molar-refractivity contribution in [3.63, 3.8) is 0 Å². The molecule has 0 aliphatic rings. The van der Waals surface area contributed by atoms with Crippen molar-refractivity contribution < 1.29 is 19.5 Å². The lowest BCUT2D eigenvalue weighted by molar-refractivity contribution is -0.115. The molecular weight excluding hydrogens is 356 g/mol. The molecule has 2 aromatic carbocycles. The van der Waals surface area contributed by atoms with Crippen molar-refractivity contribution in [2.45, 2.75) is 13.3 Å². The van der Waals surface area contributed by atoms with Gasteiger partial charge in [0.05, 0.1) is 17.7 Å². The van der Waals surface area contributed by atoms with E-state index in [2.05, 4.69) is 5.32 Å². The van der Waals surface area contributed by atoms with E-state index in [-0.39, 0.29) is 23.7 Å². The number of carbonyl (C=O) groups is 3. The van der Waals surface area contributed by atoms with Gasteiger partial charge in [-0.1, -0.05) is 29.8 Å². The third-order valence-electron chi connectivity index (χ3n) is 4.53. The summed E-state index contributed by atoms with van der Waals surface area (Å²) in [6.45, 7) is 1.96. The van der Waals surface area contributed by atoms with Gasteiger partial charge < -0.3 is 15.0 Å². The van der Waals surface area contributed by atoms with Gasteiger partial charge >= 0.3 is 5.97 Å². The van der Waals surface area contributed by atoms with Crippen molar-refractivity contribution in [1.82, 2.24) is 4.57 Å². The second-order valence-corrected chi connectivity index (χ2v) is 6.57. The molecule has 142 valence electrons. The zero-order valence-corrected chi connectivity index (χ0v) is 15.6. The SMILES string of the molecule is Cc1ccc(C(=O)c2ccc(CC(=O)Nc3ccc(C(=O)O)cc3)n2C)cc1. The van der Waals surface area contributed by atoms with Gasteiger partial charge in [0.15, 0.2) is 0 Å². The molecule has 6 nitrogen and oxygen atoms in total. The largest absolute Gasteiger partial charge is 0.478 e. The fourth-order valence-corrected chi connectivity index (χ4v) is 2.88. The highest BCUT2D eigenvalue weighted by Gasteiger charge is 2.16. The van der Waals surface area contributed by atoms with Crippen molar-refractivity contribution in [3.05, 3.63) is 88.7 Å². The van der Waals surface area contributed by atoms with E-state index in [9.17, 15) is 14.4 Å². The second-order valence-electron chi connectivity index (χ2n) is 6.57. The molecule has 3 rings (SSSR count). The standard InChI is InChI=1S/C22H20N2O4/c1-14-3-5-15(6-4-14)21(26)19-12-11-18(24(19)2)13-20(25)23-17-9-7-16(8-10-17)22(27)28/h3-12H,13H2,1-2H3,(H,23,25)(H,27,28). The minimum Gasteiger partial charge on any atom is -0.478 e. The van der Waals surface area contributed by atoms with Gasteiger partial charge in [0.1, 0.15) is 0 Å². The monoisotopic (exact) mass is 376 g/mol. The van der Waals surface area contributed by atoms with Gasteiger partial charge in [0, 0.05) is 24.0 Å². The number of nitrogens with one attached hydrogen (secondary N) is 1. The summed E-state index contributed by atoms with van der Waals surface area (Å²) in [7, 11) is 1.76. The first-order chi connectivity index (χ1) is 13.3. The molecule has 3 aromatic rings. The summed E-state index contributed by atoms with van der Waals surface area (Å²) >= 11 is 0. The lowest BCUT2D eigenvalue weighted by atomic mass is 10.1. The van der Waals surface area contributed by atoms with Crippen LogP contribution in [0.4, 0.5) is 5.69 Å². The number of ketones is 1. The number of carboxylic acids is 1. The summed E-state index contributed by atoms with van der Waals surface area (Å²) in [4.78, 5) is 35.9. The Morgan fingerprint density at radius 1 is 0.893 bits per heavy atom. The Kier molecular flexibility index (Phi) is 5.40. The average Bonchev–Trinajstić information content (AvgIpc) is 3.02. The van der Waals surface area contributed by atoms with Gasteiger partial charge in [0.2, 0.25) is 11.7 Å². The third-order valence-corrected chi connectivity index (χ3v) is 4.53. The van der Waals surface area contributed by atoms with E-state index in [4.69, 9.17) is 5.11 Å². The number of amides is 1. The molecule has 28 heavy (non-hydrogen) atoms. The van der Waals surface area contributed by atoms with Gasteiger partial charge in [-0.2, -0.15) is 0 Å². The van der Waals surface area contributed by atoms with E-state index in [1.807, 2.05) is 19.1 Å². The van der Waals surface area contributed by atoms with E-state index in [1.54, 1.807) is 48.0 Å². The number of aromatic nitrogens is 1. The van der Waals surface area contributed by atoms with Gasteiger partial charge in [-0.15, -0.1) is 0 Å². The Balaban J connectivity index is 1.69. The molecule has 6 heteroatoms. The normalized spacial score (nSPS) is 10.5. The van der Waals surface area contributed by atoms with E-state index in [1.165, 1.54) is 12.1 Å². The van der Waals surface area contributed by atoms with Crippen LogP contribution in [0.25, 0.3) is 0 Å². The summed E-state index contributed by atoms with van der Waals surface area (Å²) in [5.41, 5.74) is 3.56. The van der Waals surface area contributed by atoms with E-state index >= 15 is 0 Å². The average molecular weight is 376 g/mol. The highest BCUT2D eigenvalue weighted by molar-refractivity contribution is 6.08. The predicted molar refractivity (Wildman–Crippen MR) is 106 cm³/mol. The topological polar surface area (TPSA) is 88.4 Å². The number of hydrogen-bond donors (Lipinski definition) is 2. The minimum absolute atomic E-state index is 0.0956. The number of benzene rings is 2. The number of aryl methyl sites for hydroxylation is 1. The Bertz CT molecular complexity index is 1030. The maximum absolute atomic E-state index is 12.7. The summed E-state index contributed by atoms with van der Waals surface area (Å²) in [6, 6.07) is 16.8. The zero-order chi connectivity index (χ0) is 20.3. The zero-order valence-electron chi connectivity index (χ0n) is 15.6. The van der Waals surface area contributed by atoms with Crippen molar-refractivity contribution >= 4 is 23.3 Å². The maximum Gasteiger partial charge on any atom is 0.335 e. The van der Waals surface area contributed by atoms with Crippen LogP contribution in [0, 0.1) is 6.92 Å². The first kappa shape index (κ1) is 19.1. The number of carbonyl (C=O) groups excluding carboxylic acids is 2. The van der Waals surface area contributed by atoms with Crippen LogP contribution >= 0.6 is 0 Å². The summed E-state index contributed by atoms with van der Waals surface area (Å²) < 4.78 is 1.72. The fraction of sp³-hybridized carbons (Fsp3) is 0.136. The van der Waals surface area contributed by atoms with Crippen molar-refractivity contribution in [1.29, 1.82) is 0 Å². The number of anilines is 1. The Morgan fingerprint density at radius 3 is 2.11 bits per heavy atom. The van der Waals surface area contributed by atoms with Gasteiger partial charge in [0.25, 0.3) is 0 Å². The molecule has 1 amide bonds. The highest BCUT2D eigenvalue weighted by atomic mass is 16.4. The van der Waals surface area contributed by atoms with Crippen molar-refractivity contribution in [3.8, 4) is 0 Å². The molecule has 0 fully saturated rings. The van der Waals surface area contributed by atoms with E-state index in [0.717, 1.165) is 5.56 Å². The minimum atomic E-state index is -1.02. The second kappa shape index (κ2) is 7.92. The molecule has 0 saturated heterocycles. The Hall–Kier alpha value is -3.67. The lowest BCUT2D eigenvalue weighted by Gasteiger charge is -2.09. The molecule has 0 bridgehead atoms. The van der Waals surface area contributed by atoms with Crippen LogP contribution in [0.15, 0.2) is 60.7 Å². The molecule has 0 spiro atoms. The first-order valence-corrected chi connectivity index (χ1v) is 8.74. The summed E-state index contributed by atoms with van der Waals surface area (Å²) in [5, 5.41) is 11.6. The van der Waals surface area contributed by atoms with Crippen LogP contribution in [0.3, 0.4) is 0 Å². The molecule has 0 saturated carbocycles. The van der Waals surface area contributed by atoms with Crippen LogP contribution in [0.5, 0.6) is 0 Å². The molecule has 0 unspecified atom stereocenters. The van der Waals surface area contributed by atoms with Crippen molar-refractivity contribution in [2.24, 2.45) is 7.05 Å². The number of rotatable bonds is 6. The summed E-state index contributed by atoms with van der Waals surface area (Å²) in [5.74, 6) is -1.37. The number of carboxylic acid groups (broad SMARTS) is 1. The molecule has 0 radical (unpaired) electrons. The van der Waals surface area contributed by atoms with Crippen LogP contribution in [-0.2, 0) is 18.3 Å². The van der Waals surface area contributed by atoms with E-state index < -0.39 is 5.97 Å². The lowest BCUT2D eigenvalue weighted by Crippen LogP contribution is -2.17. The molecule has 0 aliphatic heterocycles. The number of nitrogens with zero attached hydrogens (tertiary/aromatic N) is 1. The predicted octanol–water partition coefficient (Wildman–Crippen LogP) is 3.44. The number of hydrogen-bond acceptors (Lipinski definition) is 3. The van der Waals surface area contributed by atoms with Gasteiger partial charge in [-0.05, 0) is 43.3 Å². The van der Waals surface area contributed by atoms with E-state index in [0.29, 0.717) is 22.6 Å². The first-order valence-electron chi connectivity index (χ1n) is 8.74.